The maximum Gasteiger partial charge on any atom is 0.354 e. The van der Waals surface area contributed by atoms with Gasteiger partial charge in [-0.3, -0.25) is 4.79 Å². The van der Waals surface area contributed by atoms with Gasteiger partial charge in [0, 0.05) is 44.5 Å². The van der Waals surface area contributed by atoms with Crippen molar-refractivity contribution >= 4 is 29.2 Å². The minimum absolute atomic E-state index is 0.00780. The number of aryl methyl sites for hydroxylation is 1. The van der Waals surface area contributed by atoms with Crippen molar-refractivity contribution in [3.8, 4) is 0 Å². The molecule has 1 aliphatic heterocycles. The quantitative estimate of drug-likeness (QED) is 0.613. The maximum absolute atomic E-state index is 11.9. The molecule has 0 unspecified atom stereocenters. The lowest BCUT2D eigenvalue weighted by Gasteiger charge is -2.36. The molecule has 1 N–H and O–H groups in total. The predicted octanol–water partition coefficient (Wildman–Crippen LogP) is 1.31. The molecule has 1 amide bonds. The van der Waals surface area contributed by atoms with Gasteiger partial charge in [-0.15, -0.1) is 0 Å². The summed E-state index contributed by atoms with van der Waals surface area (Å²) in [5, 5.41) is 2.90. The van der Waals surface area contributed by atoms with Crippen LogP contribution in [-0.2, 0) is 23.9 Å². The van der Waals surface area contributed by atoms with E-state index >= 15 is 0 Å². The number of hydrogen-bond donors (Lipinski definition) is 1. The molecule has 1 heterocycles. The number of piperazine rings is 1. The SMILES string of the molecule is COC(=O)/C=C(/Nc1ccc(N2CCN(C(C)=O)CC2)c(C)c1)C(=O)OC. The first kappa shape index (κ1) is 20.3. The third-order valence-corrected chi connectivity index (χ3v) is 4.41. The van der Waals surface area contributed by atoms with Crippen molar-refractivity contribution in [2.24, 2.45) is 0 Å². The lowest BCUT2D eigenvalue weighted by Crippen LogP contribution is -2.48. The molecular weight excluding hydrogens is 350 g/mol. The van der Waals surface area contributed by atoms with Crippen molar-refractivity contribution in [2.45, 2.75) is 13.8 Å². The Labute approximate surface area is 158 Å². The molecule has 1 fully saturated rings. The zero-order valence-corrected chi connectivity index (χ0v) is 16.1. The maximum atomic E-state index is 11.9. The van der Waals surface area contributed by atoms with E-state index in [1.807, 2.05) is 30.0 Å². The summed E-state index contributed by atoms with van der Waals surface area (Å²) in [5.41, 5.74) is 2.73. The smallest absolute Gasteiger partial charge is 0.354 e. The predicted molar refractivity (Wildman–Crippen MR) is 101 cm³/mol. The average Bonchev–Trinajstić information content (AvgIpc) is 2.66. The Balaban J connectivity index is 2.14. The summed E-state index contributed by atoms with van der Waals surface area (Å²) < 4.78 is 9.25. The number of methoxy groups -OCH3 is 2. The third kappa shape index (κ3) is 5.22. The number of hydrogen-bond acceptors (Lipinski definition) is 7. The van der Waals surface area contributed by atoms with Gasteiger partial charge in [-0.2, -0.15) is 0 Å². The van der Waals surface area contributed by atoms with Gasteiger partial charge in [-0.1, -0.05) is 0 Å². The molecule has 146 valence electrons. The first-order chi connectivity index (χ1) is 12.8. The van der Waals surface area contributed by atoms with E-state index in [4.69, 9.17) is 4.74 Å². The van der Waals surface area contributed by atoms with Gasteiger partial charge in [0.25, 0.3) is 0 Å². The highest BCUT2D eigenvalue weighted by atomic mass is 16.5. The van der Waals surface area contributed by atoms with E-state index in [1.165, 1.54) is 14.2 Å². The molecule has 0 aliphatic carbocycles. The second kappa shape index (κ2) is 9.07. The molecule has 1 aromatic rings. The van der Waals surface area contributed by atoms with Gasteiger partial charge in [0.1, 0.15) is 5.70 Å². The van der Waals surface area contributed by atoms with Crippen LogP contribution < -0.4 is 10.2 Å². The minimum Gasteiger partial charge on any atom is -0.466 e. The van der Waals surface area contributed by atoms with Gasteiger partial charge in [-0.25, -0.2) is 9.59 Å². The molecule has 1 saturated heterocycles. The lowest BCUT2D eigenvalue weighted by molar-refractivity contribution is -0.138. The van der Waals surface area contributed by atoms with Crippen LogP contribution >= 0.6 is 0 Å². The second-order valence-electron chi connectivity index (χ2n) is 6.19. The molecule has 0 atom stereocenters. The van der Waals surface area contributed by atoms with Gasteiger partial charge in [0.2, 0.25) is 5.91 Å². The number of amides is 1. The number of esters is 2. The Morgan fingerprint density at radius 3 is 2.26 bits per heavy atom. The number of nitrogens with one attached hydrogen (secondary N) is 1. The van der Waals surface area contributed by atoms with Crippen LogP contribution in [0.3, 0.4) is 0 Å². The molecule has 1 aromatic carbocycles. The van der Waals surface area contributed by atoms with E-state index in [1.54, 1.807) is 6.92 Å². The summed E-state index contributed by atoms with van der Waals surface area (Å²) in [7, 11) is 2.47. The third-order valence-electron chi connectivity index (χ3n) is 4.41. The number of anilines is 2. The summed E-state index contributed by atoms with van der Waals surface area (Å²) in [5.74, 6) is -1.22. The zero-order chi connectivity index (χ0) is 20.0. The minimum atomic E-state index is -0.664. The van der Waals surface area contributed by atoms with Gasteiger partial charge < -0.3 is 24.6 Å². The number of carbonyl (C=O) groups excluding carboxylic acids is 3. The van der Waals surface area contributed by atoms with Gasteiger partial charge in [-0.05, 0) is 30.7 Å². The average molecular weight is 375 g/mol. The lowest BCUT2D eigenvalue weighted by atomic mass is 10.1. The molecule has 0 radical (unpaired) electrons. The van der Waals surface area contributed by atoms with E-state index in [2.05, 4.69) is 15.0 Å². The fourth-order valence-corrected chi connectivity index (χ4v) is 2.94. The first-order valence-electron chi connectivity index (χ1n) is 8.61. The van der Waals surface area contributed by atoms with Crippen LogP contribution in [0.15, 0.2) is 30.0 Å². The molecule has 1 aliphatic rings. The van der Waals surface area contributed by atoms with Crippen molar-refractivity contribution in [1.29, 1.82) is 0 Å². The molecule has 2 rings (SSSR count). The summed E-state index contributed by atoms with van der Waals surface area (Å²) >= 11 is 0. The Kier molecular flexibility index (Phi) is 6.81. The van der Waals surface area contributed by atoms with Crippen molar-refractivity contribution < 1.29 is 23.9 Å². The Bertz CT molecular complexity index is 752. The molecular formula is C19H25N3O5. The number of nitrogens with zero attached hydrogens (tertiary/aromatic N) is 2. The fraction of sp³-hybridized carbons (Fsp3) is 0.421. The van der Waals surface area contributed by atoms with Crippen molar-refractivity contribution in [3.63, 3.8) is 0 Å². The van der Waals surface area contributed by atoms with Gasteiger partial charge >= 0.3 is 11.9 Å². The molecule has 8 nitrogen and oxygen atoms in total. The van der Waals surface area contributed by atoms with Crippen molar-refractivity contribution in [3.05, 3.63) is 35.5 Å². The first-order valence-corrected chi connectivity index (χ1v) is 8.61. The number of carbonyl (C=O) groups is 3. The summed E-state index contributed by atoms with van der Waals surface area (Å²) in [6, 6.07) is 5.67. The largest absolute Gasteiger partial charge is 0.466 e. The molecule has 8 heteroatoms. The van der Waals surface area contributed by atoms with Crippen molar-refractivity contribution in [2.75, 3.05) is 50.6 Å². The summed E-state index contributed by atoms with van der Waals surface area (Å²) in [4.78, 5) is 38.8. The number of ether oxygens (including phenoxy) is 2. The normalized spacial score (nSPS) is 14.6. The summed E-state index contributed by atoms with van der Waals surface area (Å²) in [6.07, 6.45) is 1.05. The molecule has 0 bridgehead atoms. The molecule has 0 saturated carbocycles. The van der Waals surface area contributed by atoms with E-state index < -0.39 is 11.9 Å². The Morgan fingerprint density at radius 2 is 1.74 bits per heavy atom. The number of rotatable bonds is 5. The van der Waals surface area contributed by atoms with Crippen LogP contribution in [0.4, 0.5) is 11.4 Å². The van der Waals surface area contributed by atoms with E-state index in [0.717, 1.165) is 30.4 Å². The molecule has 0 spiro atoms. The highest BCUT2D eigenvalue weighted by Crippen LogP contribution is 2.25. The van der Waals surface area contributed by atoms with Crippen LogP contribution in [-0.4, -0.2) is 63.1 Å². The standard InChI is InChI=1S/C19H25N3O5/c1-13-11-15(20-16(19(25)27-4)12-18(24)26-3)5-6-17(13)22-9-7-21(8-10-22)14(2)23/h5-6,11-12,20H,7-10H2,1-4H3/b16-12+. The van der Waals surface area contributed by atoms with Crippen LogP contribution in [0.25, 0.3) is 0 Å². The van der Waals surface area contributed by atoms with E-state index in [9.17, 15) is 14.4 Å². The Hall–Kier alpha value is -3.03. The second-order valence-corrected chi connectivity index (χ2v) is 6.19. The van der Waals surface area contributed by atoms with Crippen LogP contribution in [0.1, 0.15) is 12.5 Å². The van der Waals surface area contributed by atoms with Gasteiger partial charge in [0.15, 0.2) is 0 Å². The molecule has 27 heavy (non-hydrogen) atoms. The topological polar surface area (TPSA) is 88.2 Å². The van der Waals surface area contributed by atoms with E-state index in [-0.39, 0.29) is 11.6 Å². The summed E-state index contributed by atoms with van der Waals surface area (Å²) in [6.45, 7) is 6.49. The Morgan fingerprint density at radius 1 is 1.07 bits per heavy atom. The van der Waals surface area contributed by atoms with Gasteiger partial charge in [0.05, 0.1) is 20.3 Å². The fourth-order valence-electron chi connectivity index (χ4n) is 2.94. The zero-order valence-electron chi connectivity index (χ0n) is 16.1. The highest BCUT2D eigenvalue weighted by molar-refractivity contribution is 5.98. The van der Waals surface area contributed by atoms with Crippen molar-refractivity contribution in [1.82, 2.24) is 4.90 Å². The van der Waals surface area contributed by atoms with Crippen LogP contribution in [0, 0.1) is 6.92 Å². The monoisotopic (exact) mass is 375 g/mol. The van der Waals surface area contributed by atoms with Crippen LogP contribution in [0.5, 0.6) is 0 Å². The van der Waals surface area contributed by atoms with E-state index in [0.29, 0.717) is 18.8 Å². The number of benzene rings is 1. The van der Waals surface area contributed by atoms with Crippen LogP contribution in [0.2, 0.25) is 0 Å². The molecule has 0 aromatic heterocycles. The highest BCUT2D eigenvalue weighted by Gasteiger charge is 2.20.